The number of anilines is 1. The SMILES string of the molecule is CC1=C(C(=O)N2CCC[C@@H]2C(=O)OCc2ccccc2)C(c2ccc(Cl)c(Cl)c2)n2nccc2N1. The van der Waals surface area contributed by atoms with Gasteiger partial charge in [0.1, 0.15) is 24.5 Å². The fourth-order valence-corrected chi connectivity index (χ4v) is 5.01. The highest BCUT2D eigenvalue weighted by Crippen LogP contribution is 2.39. The number of aromatic nitrogens is 2. The molecule has 3 aromatic rings. The maximum Gasteiger partial charge on any atom is 0.329 e. The molecule has 0 aliphatic carbocycles. The predicted molar refractivity (Wildman–Crippen MR) is 134 cm³/mol. The Labute approximate surface area is 213 Å². The number of esters is 1. The lowest BCUT2D eigenvalue weighted by atomic mass is 9.94. The second kappa shape index (κ2) is 9.76. The summed E-state index contributed by atoms with van der Waals surface area (Å²) in [5, 5.41) is 8.55. The van der Waals surface area contributed by atoms with E-state index in [9.17, 15) is 9.59 Å². The van der Waals surface area contributed by atoms with Crippen LogP contribution in [0.1, 0.15) is 36.9 Å². The Morgan fingerprint density at radius 2 is 1.91 bits per heavy atom. The summed E-state index contributed by atoms with van der Waals surface area (Å²) in [6.07, 6.45) is 2.96. The normalized spacial score (nSPS) is 19.3. The average Bonchev–Trinajstić information content (AvgIpc) is 3.53. The van der Waals surface area contributed by atoms with Crippen LogP contribution in [0, 0.1) is 0 Å². The third-order valence-corrected chi connectivity index (χ3v) is 7.15. The van der Waals surface area contributed by atoms with Crippen molar-refractivity contribution in [1.82, 2.24) is 14.7 Å². The summed E-state index contributed by atoms with van der Waals surface area (Å²) in [6.45, 7) is 2.50. The van der Waals surface area contributed by atoms with Gasteiger partial charge in [-0.05, 0) is 43.0 Å². The number of likely N-dealkylation sites (tertiary alicyclic amines) is 1. The summed E-state index contributed by atoms with van der Waals surface area (Å²) in [4.78, 5) is 28.6. The van der Waals surface area contributed by atoms with Crippen molar-refractivity contribution >= 4 is 40.9 Å². The number of ether oxygens (including phenoxy) is 1. The number of rotatable bonds is 5. The van der Waals surface area contributed by atoms with Gasteiger partial charge in [-0.15, -0.1) is 0 Å². The Kier molecular flexibility index (Phi) is 6.54. The Morgan fingerprint density at radius 1 is 1.11 bits per heavy atom. The molecule has 7 nitrogen and oxygen atoms in total. The van der Waals surface area contributed by atoms with Crippen molar-refractivity contribution in [2.24, 2.45) is 0 Å². The minimum Gasteiger partial charge on any atom is -0.459 e. The molecule has 2 aromatic carbocycles. The van der Waals surface area contributed by atoms with Crippen LogP contribution >= 0.6 is 23.2 Å². The number of hydrogen-bond donors (Lipinski definition) is 1. The van der Waals surface area contributed by atoms with E-state index in [1.54, 1.807) is 27.9 Å². The van der Waals surface area contributed by atoms with E-state index in [1.165, 1.54) is 0 Å². The van der Waals surface area contributed by atoms with Crippen molar-refractivity contribution < 1.29 is 14.3 Å². The minimum absolute atomic E-state index is 0.171. The second-order valence-corrected chi connectivity index (χ2v) is 9.47. The van der Waals surface area contributed by atoms with Crippen LogP contribution in [0.3, 0.4) is 0 Å². The maximum absolute atomic E-state index is 14.0. The first kappa shape index (κ1) is 23.5. The van der Waals surface area contributed by atoms with Gasteiger partial charge in [-0.2, -0.15) is 5.10 Å². The molecule has 0 spiro atoms. The highest BCUT2D eigenvalue weighted by Gasteiger charge is 2.41. The lowest BCUT2D eigenvalue weighted by Crippen LogP contribution is -2.44. The Morgan fingerprint density at radius 3 is 2.69 bits per heavy atom. The lowest BCUT2D eigenvalue weighted by Gasteiger charge is -2.33. The number of nitrogens with zero attached hydrogens (tertiary/aromatic N) is 3. The number of amides is 1. The molecule has 2 aliphatic heterocycles. The van der Waals surface area contributed by atoms with Crippen LogP contribution < -0.4 is 5.32 Å². The summed E-state index contributed by atoms with van der Waals surface area (Å²) in [6, 6.07) is 15.5. The molecule has 35 heavy (non-hydrogen) atoms. The van der Waals surface area contributed by atoms with E-state index in [-0.39, 0.29) is 12.5 Å². The molecule has 2 atom stereocenters. The molecule has 1 N–H and O–H groups in total. The van der Waals surface area contributed by atoms with Gasteiger partial charge in [0.15, 0.2) is 0 Å². The van der Waals surface area contributed by atoms with Crippen molar-refractivity contribution in [2.75, 3.05) is 11.9 Å². The third-order valence-electron chi connectivity index (χ3n) is 6.41. The van der Waals surface area contributed by atoms with Crippen LogP contribution in [0.4, 0.5) is 5.82 Å². The molecule has 3 heterocycles. The zero-order valence-electron chi connectivity index (χ0n) is 19.1. The smallest absolute Gasteiger partial charge is 0.329 e. The molecule has 0 radical (unpaired) electrons. The molecule has 1 saturated heterocycles. The number of allylic oxidation sites excluding steroid dienone is 1. The predicted octanol–water partition coefficient (Wildman–Crippen LogP) is 5.21. The van der Waals surface area contributed by atoms with E-state index < -0.39 is 18.1 Å². The van der Waals surface area contributed by atoms with Crippen LogP contribution in [0.2, 0.25) is 10.0 Å². The molecular formula is C26H24Cl2N4O3. The van der Waals surface area contributed by atoms with Gasteiger partial charge >= 0.3 is 5.97 Å². The number of nitrogens with one attached hydrogen (secondary N) is 1. The zero-order valence-corrected chi connectivity index (χ0v) is 20.6. The largest absolute Gasteiger partial charge is 0.459 e. The zero-order chi connectivity index (χ0) is 24.5. The van der Waals surface area contributed by atoms with E-state index in [2.05, 4.69) is 10.4 Å². The second-order valence-electron chi connectivity index (χ2n) is 8.65. The van der Waals surface area contributed by atoms with Gasteiger partial charge in [0.25, 0.3) is 5.91 Å². The average molecular weight is 511 g/mol. The van der Waals surface area contributed by atoms with Crippen molar-refractivity contribution in [1.29, 1.82) is 0 Å². The fourth-order valence-electron chi connectivity index (χ4n) is 4.71. The summed E-state index contributed by atoms with van der Waals surface area (Å²) in [5.74, 6) is 0.134. The number of benzene rings is 2. The summed E-state index contributed by atoms with van der Waals surface area (Å²) in [7, 11) is 0. The van der Waals surface area contributed by atoms with Gasteiger partial charge in [-0.3, -0.25) is 4.79 Å². The van der Waals surface area contributed by atoms with Crippen LogP contribution in [-0.2, 0) is 20.9 Å². The summed E-state index contributed by atoms with van der Waals surface area (Å²) < 4.78 is 7.33. The van der Waals surface area contributed by atoms with Crippen LogP contribution in [0.15, 0.2) is 72.1 Å². The van der Waals surface area contributed by atoms with E-state index in [0.29, 0.717) is 34.3 Å². The molecule has 2 aliphatic rings. The molecule has 1 amide bonds. The number of carbonyl (C=O) groups excluding carboxylic acids is 2. The number of hydrogen-bond acceptors (Lipinski definition) is 5. The van der Waals surface area contributed by atoms with Crippen molar-refractivity contribution in [3.8, 4) is 0 Å². The maximum atomic E-state index is 14.0. The van der Waals surface area contributed by atoms with Gasteiger partial charge in [-0.25, -0.2) is 9.48 Å². The quantitative estimate of drug-likeness (QED) is 0.476. The highest BCUT2D eigenvalue weighted by molar-refractivity contribution is 6.42. The van der Waals surface area contributed by atoms with E-state index >= 15 is 0 Å². The van der Waals surface area contributed by atoms with Gasteiger partial charge in [-0.1, -0.05) is 59.6 Å². The summed E-state index contributed by atoms with van der Waals surface area (Å²) >= 11 is 12.5. The van der Waals surface area contributed by atoms with Gasteiger partial charge in [0, 0.05) is 18.3 Å². The highest BCUT2D eigenvalue weighted by atomic mass is 35.5. The van der Waals surface area contributed by atoms with E-state index in [0.717, 1.165) is 23.4 Å². The van der Waals surface area contributed by atoms with Crippen molar-refractivity contribution in [3.63, 3.8) is 0 Å². The minimum atomic E-state index is -0.639. The van der Waals surface area contributed by atoms with Crippen LogP contribution in [0.5, 0.6) is 0 Å². The number of fused-ring (bicyclic) bond motifs is 1. The van der Waals surface area contributed by atoms with Crippen LogP contribution in [0.25, 0.3) is 0 Å². The fraction of sp³-hybridized carbons (Fsp3) is 0.269. The topological polar surface area (TPSA) is 76.5 Å². The molecule has 1 fully saturated rings. The van der Waals surface area contributed by atoms with Gasteiger partial charge < -0.3 is 15.0 Å². The van der Waals surface area contributed by atoms with Crippen molar-refractivity contribution in [2.45, 2.75) is 38.5 Å². The molecule has 1 aromatic heterocycles. The summed E-state index contributed by atoms with van der Waals surface area (Å²) in [5.41, 5.74) is 2.87. The molecule has 0 bridgehead atoms. The molecular weight excluding hydrogens is 487 g/mol. The first-order valence-corrected chi connectivity index (χ1v) is 12.2. The molecule has 9 heteroatoms. The monoisotopic (exact) mass is 510 g/mol. The van der Waals surface area contributed by atoms with Crippen molar-refractivity contribution in [3.05, 3.63) is 93.2 Å². The Balaban J connectivity index is 1.44. The number of halogens is 2. The van der Waals surface area contributed by atoms with Gasteiger partial charge in [0.05, 0.1) is 21.8 Å². The van der Waals surface area contributed by atoms with E-state index in [1.807, 2.05) is 49.4 Å². The van der Waals surface area contributed by atoms with E-state index in [4.69, 9.17) is 27.9 Å². The third kappa shape index (κ3) is 4.54. The Bertz CT molecular complexity index is 1300. The lowest BCUT2D eigenvalue weighted by molar-refractivity contribution is -0.153. The molecule has 1 unspecified atom stereocenters. The first-order valence-electron chi connectivity index (χ1n) is 11.4. The van der Waals surface area contributed by atoms with Crippen LogP contribution in [-0.4, -0.2) is 39.1 Å². The molecule has 180 valence electrons. The Hall–Kier alpha value is -3.29. The molecule has 0 saturated carbocycles. The number of carbonyl (C=O) groups is 2. The standard InChI is InChI=1S/C26H24Cl2N4O3/c1-16-23(24(32-22(30-16)11-12-29-32)18-9-10-19(27)20(28)14-18)25(33)31-13-5-8-21(31)26(34)35-15-17-6-3-2-4-7-17/h2-4,6-7,9-12,14,21,24,30H,5,8,13,15H2,1H3/t21-,24?/m1/s1. The van der Waals surface area contributed by atoms with Gasteiger partial charge in [0.2, 0.25) is 0 Å². The first-order chi connectivity index (χ1) is 16.9. The molecule has 5 rings (SSSR count).